The van der Waals surface area contributed by atoms with Gasteiger partial charge in [0.2, 0.25) is 5.91 Å². The highest BCUT2D eigenvalue weighted by molar-refractivity contribution is 7.99. The van der Waals surface area contributed by atoms with Gasteiger partial charge in [0.05, 0.1) is 24.7 Å². The number of benzene rings is 1. The Hall–Kier alpha value is -3.63. The molecular weight excluding hydrogens is 484 g/mol. The van der Waals surface area contributed by atoms with Crippen molar-refractivity contribution in [3.05, 3.63) is 71.5 Å². The van der Waals surface area contributed by atoms with Crippen LogP contribution >= 0.6 is 23.1 Å². The predicted molar refractivity (Wildman–Crippen MR) is 138 cm³/mol. The molecule has 1 aromatic carbocycles. The molecule has 0 unspecified atom stereocenters. The van der Waals surface area contributed by atoms with Gasteiger partial charge in [-0.2, -0.15) is 0 Å². The first kappa shape index (κ1) is 24.5. The van der Waals surface area contributed by atoms with Crippen LogP contribution in [0.25, 0.3) is 22.5 Å². The van der Waals surface area contributed by atoms with Crippen LogP contribution in [0, 0.1) is 13.8 Å². The molecule has 4 rings (SSSR count). The van der Waals surface area contributed by atoms with Crippen molar-refractivity contribution in [2.24, 2.45) is 0 Å². The van der Waals surface area contributed by atoms with Gasteiger partial charge in [0.25, 0.3) is 0 Å². The monoisotopic (exact) mass is 508 g/mol. The second kappa shape index (κ2) is 10.7. The molecule has 0 saturated carbocycles. The van der Waals surface area contributed by atoms with Crippen LogP contribution in [-0.2, 0) is 16.1 Å². The average molecular weight is 509 g/mol. The molecule has 0 spiro atoms. The van der Waals surface area contributed by atoms with Gasteiger partial charge in [0.15, 0.2) is 11.0 Å². The molecule has 0 aliphatic rings. The summed E-state index contributed by atoms with van der Waals surface area (Å²) in [4.78, 5) is 25.4. The number of aromatic nitrogens is 3. The lowest BCUT2D eigenvalue weighted by atomic mass is 10.0. The van der Waals surface area contributed by atoms with Crippen LogP contribution < -0.4 is 5.32 Å². The van der Waals surface area contributed by atoms with E-state index in [1.165, 1.54) is 30.2 Å². The first-order valence-electron chi connectivity index (χ1n) is 10.7. The Balaban J connectivity index is 1.52. The number of thioether (sulfide) groups is 1. The van der Waals surface area contributed by atoms with E-state index in [9.17, 15) is 9.59 Å². The summed E-state index contributed by atoms with van der Waals surface area (Å²) in [5.74, 6) is 0.683. The van der Waals surface area contributed by atoms with Gasteiger partial charge in [-0.25, -0.2) is 4.79 Å². The van der Waals surface area contributed by atoms with Gasteiger partial charge in [-0.3, -0.25) is 9.36 Å². The number of amides is 1. The predicted octanol–water partition coefficient (Wildman–Crippen LogP) is 5.59. The number of carbonyl (C=O) groups excluding carboxylic acids is 2. The molecule has 0 bridgehead atoms. The van der Waals surface area contributed by atoms with Crippen LogP contribution in [0.4, 0.5) is 5.00 Å². The van der Waals surface area contributed by atoms with Crippen molar-refractivity contribution >= 4 is 40.0 Å². The summed E-state index contributed by atoms with van der Waals surface area (Å²) in [6.07, 6.45) is 3.34. The minimum absolute atomic E-state index is 0.0814. The largest absolute Gasteiger partial charge is 0.469 e. The maximum absolute atomic E-state index is 12.8. The number of anilines is 1. The van der Waals surface area contributed by atoms with Crippen molar-refractivity contribution < 1.29 is 18.7 Å². The van der Waals surface area contributed by atoms with Crippen LogP contribution in [0.15, 0.2) is 64.2 Å². The summed E-state index contributed by atoms with van der Waals surface area (Å²) in [7, 11) is 1.33. The van der Waals surface area contributed by atoms with Crippen molar-refractivity contribution in [1.82, 2.24) is 14.8 Å². The van der Waals surface area contributed by atoms with Crippen molar-refractivity contribution in [2.75, 3.05) is 18.2 Å². The summed E-state index contributed by atoms with van der Waals surface area (Å²) >= 11 is 2.54. The zero-order chi connectivity index (χ0) is 24.9. The van der Waals surface area contributed by atoms with Crippen molar-refractivity contribution in [1.29, 1.82) is 0 Å². The van der Waals surface area contributed by atoms with Crippen LogP contribution in [0.3, 0.4) is 0 Å². The lowest BCUT2D eigenvalue weighted by Gasteiger charge is -2.09. The Bertz CT molecular complexity index is 1370. The molecule has 4 aromatic rings. The molecule has 0 radical (unpaired) electrons. The van der Waals surface area contributed by atoms with Gasteiger partial charge in [-0.15, -0.1) is 28.1 Å². The van der Waals surface area contributed by atoms with Gasteiger partial charge in [0.1, 0.15) is 16.3 Å². The number of thiophene rings is 1. The highest BCUT2D eigenvalue weighted by atomic mass is 32.2. The van der Waals surface area contributed by atoms with Crippen LogP contribution in [0.2, 0.25) is 0 Å². The fraction of sp³-hybridized carbons (Fsp3) is 0.200. The molecule has 10 heteroatoms. The molecule has 0 aliphatic heterocycles. The molecule has 0 aliphatic carbocycles. The summed E-state index contributed by atoms with van der Waals surface area (Å²) in [5.41, 5.74) is 3.88. The van der Waals surface area contributed by atoms with Crippen molar-refractivity contribution in [3.8, 4) is 22.5 Å². The highest BCUT2D eigenvalue weighted by Crippen LogP contribution is 2.36. The second-order valence-corrected chi connectivity index (χ2v) is 9.47. The second-order valence-electron chi connectivity index (χ2n) is 7.64. The quantitative estimate of drug-likeness (QED) is 0.179. The van der Waals surface area contributed by atoms with Crippen molar-refractivity contribution in [2.45, 2.75) is 25.5 Å². The Morgan fingerprint density at radius 1 is 1.20 bits per heavy atom. The Morgan fingerprint density at radius 2 is 1.97 bits per heavy atom. The van der Waals surface area contributed by atoms with Crippen LogP contribution in [0.1, 0.15) is 21.7 Å². The average Bonchev–Trinajstić information content (AvgIpc) is 3.56. The van der Waals surface area contributed by atoms with E-state index in [-0.39, 0.29) is 11.7 Å². The highest BCUT2D eigenvalue weighted by Gasteiger charge is 2.23. The zero-order valence-corrected chi connectivity index (χ0v) is 21.2. The number of ether oxygens (including phenoxy) is 1. The summed E-state index contributed by atoms with van der Waals surface area (Å²) in [6.45, 7) is 8.14. The maximum Gasteiger partial charge on any atom is 0.341 e. The molecular formula is C25H24N4O4S2. The Labute approximate surface area is 211 Å². The third-order valence-corrected chi connectivity index (χ3v) is 7.12. The SMILES string of the molecule is C=CCn1c(SCC(=O)Nc2scc(-c3ccc(C)cc3)c2C(=O)OC)nnc1-c1ccoc1C. The van der Waals surface area contributed by atoms with Gasteiger partial charge < -0.3 is 14.5 Å². The van der Waals surface area contributed by atoms with Gasteiger partial charge in [-0.05, 0) is 25.5 Å². The molecule has 1 N–H and O–H groups in total. The van der Waals surface area contributed by atoms with Gasteiger partial charge >= 0.3 is 5.97 Å². The third-order valence-electron chi connectivity index (χ3n) is 5.26. The smallest absolute Gasteiger partial charge is 0.341 e. The molecule has 180 valence electrons. The van der Waals surface area contributed by atoms with Crippen LogP contribution in [0.5, 0.6) is 0 Å². The number of allylic oxidation sites excluding steroid dienone is 1. The fourth-order valence-corrected chi connectivity index (χ4v) is 5.22. The molecule has 1 amide bonds. The molecule has 0 atom stereocenters. The standard InChI is InChI=1S/C25H24N4O4S2/c1-5-11-29-22(18-10-12-33-16(18)3)27-28-25(29)35-14-20(30)26-23-21(24(31)32-4)19(13-34-23)17-8-6-15(2)7-9-17/h5-10,12-13H,1,11,14H2,2-4H3,(H,26,30). The number of carbonyl (C=O) groups is 2. The molecule has 0 fully saturated rings. The minimum atomic E-state index is -0.504. The summed E-state index contributed by atoms with van der Waals surface area (Å²) < 4.78 is 12.3. The number of hydrogen-bond acceptors (Lipinski definition) is 8. The molecule has 0 saturated heterocycles. The number of esters is 1. The Morgan fingerprint density at radius 3 is 2.63 bits per heavy atom. The van der Waals surface area contributed by atoms with Gasteiger partial charge in [-0.1, -0.05) is 47.7 Å². The number of aryl methyl sites for hydroxylation is 2. The van der Waals surface area contributed by atoms with E-state index < -0.39 is 5.97 Å². The summed E-state index contributed by atoms with van der Waals surface area (Å²) in [6, 6.07) is 9.66. The van der Waals surface area contributed by atoms with E-state index in [0.29, 0.717) is 28.1 Å². The first-order chi connectivity index (χ1) is 16.9. The number of furan rings is 1. The molecule has 3 heterocycles. The number of methoxy groups -OCH3 is 1. The molecule has 35 heavy (non-hydrogen) atoms. The van der Waals surface area contributed by atoms with Crippen LogP contribution in [-0.4, -0.2) is 39.5 Å². The fourth-order valence-electron chi connectivity index (χ4n) is 3.50. The Kier molecular flexibility index (Phi) is 7.52. The van der Waals surface area contributed by atoms with E-state index >= 15 is 0 Å². The lowest BCUT2D eigenvalue weighted by Crippen LogP contribution is -2.16. The molecule has 8 nitrogen and oxygen atoms in total. The number of nitrogens with zero attached hydrogens (tertiary/aromatic N) is 3. The van der Waals surface area contributed by atoms with Crippen molar-refractivity contribution in [3.63, 3.8) is 0 Å². The topological polar surface area (TPSA) is 99.2 Å². The molecule has 3 aromatic heterocycles. The zero-order valence-electron chi connectivity index (χ0n) is 19.5. The maximum atomic E-state index is 12.8. The van der Waals surface area contributed by atoms with E-state index in [0.717, 1.165) is 28.0 Å². The van der Waals surface area contributed by atoms with E-state index in [4.69, 9.17) is 9.15 Å². The normalized spacial score (nSPS) is 10.8. The van der Waals surface area contributed by atoms with E-state index in [1.807, 2.05) is 54.1 Å². The minimum Gasteiger partial charge on any atom is -0.469 e. The summed E-state index contributed by atoms with van der Waals surface area (Å²) in [5, 5.41) is 14.3. The lowest BCUT2D eigenvalue weighted by molar-refractivity contribution is -0.113. The third kappa shape index (κ3) is 5.23. The van der Waals surface area contributed by atoms with E-state index in [1.54, 1.807) is 12.3 Å². The number of nitrogens with one attached hydrogen (secondary N) is 1. The first-order valence-corrected chi connectivity index (χ1v) is 12.6. The van der Waals surface area contributed by atoms with Gasteiger partial charge in [0, 0.05) is 17.5 Å². The van der Waals surface area contributed by atoms with E-state index in [2.05, 4.69) is 22.1 Å². The number of rotatable bonds is 9. The number of hydrogen-bond donors (Lipinski definition) is 1.